The molecule has 5 nitrogen and oxygen atoms in total. The second-order valence-electron chi connectivity index (χ2n) is 7.00. The van der Waals surface area contributed by atoms with E-state index in [9.17, 15) is 4.79 Å². The number of aromatic nitrogens is 1. The van der Waals surface area contributed by atoms with Gasteiger partial charge in [-0.2, -0.15) is 5.10 Å². The van der Waals surface area contributed by atoms with Crippen LogP contribution in [0.5, 0.6) is 5.75 Å². The lowest BCUT2D eigenvalue weighted by Gasteiger charge is -2.12. The van der Waals surface area contributed by atoms with Crippen molar-refractivity contribution in [2.24, 2.45) is 5.10 Å². The Bertz CT molecular complexity index is 1280. The predicted molar refractivity (Wildman–Crippen MR) is 133 cm³/mol. The summed E-state index contributed by atoms with van der Waals surface area (Å²) >= 11 is 18.9. The number of nitrogens with zero attached hydrogens (tertiary/aromatic N) is 2. The molecule has 0 saturated heterocycles. The number of nitrogens with one attached hydrogen (secondary N) is 1. The summed E-state index contributed by atoms with van der Waals surface area (Å²) in [7, 11) is 0. The largest absolute Gasteiger partial charge is 0.486 e. The summed E-state index contributed by atoms with van der Waals surface area (Å²) in [6.07, 6.45) is 5.20. The first-order valence-electron chi connectivity index (χ1n) is 9.94. The Balaban J connectivity index is 1.44. The molecule has 1 aromatic heterocycles. The number of rotatable bonds is 7. The van der Waals surface area contributed by atoms with Crippen molar-refractivity contribution in [3.05, 3.63) is 117 Å². The van der Waals surface area contributed by atoms with Gasteiger partial charge in [0.15, 0.2) is 5.75 Å². The molecule has 1 heterocycles. The van der Waals surface area contributed by atoms with Crippen molar-refractivity contribution in [3.63, 3.8) is 0 Å². The van der Waals surface area contributed by atoms with Gasteiger partial charge in [0, 0.05) is 23.0 Å². The molecule has 3 aromatic carbocycles. The highest BCUT2D eigenvalue weighted by atomic mass is 35.5. The fourth-order valence-electron chi connectivity index (χ4n) is 3.17. The molecule has 0 spiro atoms. The average Bonchev–Trinajstić information content (AvgIpc) is 3.34. The van der Waals surface area contributed by atoms with E-state index in [2.05, 4.69) is 10.5 Å². The van der Waals surface area contributed by atoms with Crippen LogP contribution >= 0.6 is 34.8 Å². The van der Waals surface area contributed by atoms with Gasteiger partial charge in [-0.15, -0.1) is 0 Å². The molecule has 0 aliphatic rings. The summed E-state index contributed by atoms with van der Waals surface area (Å²) in [5, 5.41) is 5.29. The Kier molecular flexibility index (Phi) is 7.35. The average molecular weight is 499 g/mol. The molecule has 0 aliphatic carbocycles. The molecular weight excluding hydrogens is 481 g/mol. The normalized spacial score (nSPS) is 11.0. The Morgan fingerprint density at radius 3 is 2.30 bits per heavy atom. The third-order valence-corrected chi connectivity index (χ3v) is 5.69. The molecule has 0 aliphatic heterocycles. The fourth-order valence-corrected chi connectivity index (χ4v) is 3.97. The van der Waals surface area contributed by atoms with Gasteiger partial charge in [-0.3, -0.25) is 4.79 Å². The summed E-state index contributed by atoms with van der Waals surface area (Å²) in [6.45, 7) is 0.226. The smallest absolute Gasteiger partial charge is 0.273 e. The van der Waals surface area contributed by atoms with E-state index in [4.69, 9.17) is 39.5 Å². The van der Waals surface area contributed by atoms with Gasteiger partial charge in [0.2, 0.25) is 0 Å². The number of ether oxygens (including phenoxy) is 1. The highest BCUT2D eigenvalue weighted by molar-refractivity contribution is 6.37. The molecule has 0 saturated carbocycles. The van der Waals surface area contributed by atoms with Crippen LogP contribution in [-0.2, 0) is 6.61 Å². The standard InChI is InChI=1S/C25H18Cl3N3O2/c26-20-9-3-1-7-18(20)16-33-24-21(27)13-17(14-22(24)28)15-29-30-25(32)19-8-2-4-10-23(19)31-11-5-6-12-31/h1-15H,16H2,(H,30,32). The van der Waals surface area contributed by atoms with E-state index in [1.54, 1.807) is 30.3 Å². The summed E-state index contributed by atoms with van der Waals surface area (Å²) in [4.78, 5) is 12.7. The molecule has 166 valence electrons. The van der Waals surface area contributed by atoms with E-state index in [0.29, 0.717) is 31.9 Å². The molecule has 0 unspecified atom stereocenters. The first-order valence-corrected chi connectivity index (χ1v) is 11.1. The number of carbonyl (C=O) groups excluding carboxylic acids is 1. The van der Waals surface area contributed by atoms with Crippen LogP contribution in [0.4, 0.5) is 0 Å². The minimum Gasteiger partial charge on any atom is -0.486 e. The maximum Gasteiger partial charge on any atom is 0.273 e. The number of amides is 1. The van der Waals surface area contributed by atoms with Crippen LogP contribution in [0, 0.1) is 0 Å². The summed E-state index contributed by atoms with van der Waals surface area (Å²) < 4.78 is 7.63. The first-order chi connectivity index (χ1) is 16.0. The molecule has 4 aromatic rings. The molecular formula is C25H18Cl3N3O2. The van der Waals surface area contributed by atoms with Crippen LogP contribution in [0.3, 0.4) is 0 Å². The topological polar surface area (TPSA) is 55.6 Å². The van der Waals surface area contributed by atoms with E-state index in [0.717, 1.165) is 11.3 Å². The van der Waals surface area contributed by atoms with Gasteiger partial charge in [0.25, 0.3) is 5.91 Å². The highest BCUT2D eigenvalue weighted by Gasteiger charge is 2.12. The maximum absolute atomic E-state index is 12.7. The van der Waals surface area contributed by atoms with Crippen molar-refractivity contribution in [2.45, 2.75) is 6.61 Å². The second-order valence-corrected chi connectivity index (χ2v) is 8.22. The number of halogens is 3. The minimum atomic E-state index is -0.340. The number of hydrogen-bond donors (Lipinski definition) is 1. The second kappa shape index (κ2) is 10.6. The SMILES string of the molecule is O=C(NN=Cc1cc(Cl)c(OCc2ccccc2Cl)c(Cl)c1)c1ccccc1-n1cccc1. The maximum atomic E-state index is 12.7. The number of benzene rings is 3. The zero-order valence-electron chi connectivity index (χ0n) is 17.2. The first kappa shape index (κ1) is 22.9. The van der Waals surface area contributed by atoms with Crippen molar-refractivity contribution in [1.82, 2.24) is 9.99 Å². The lowest BCUT2D eigenvalue weighted by atomic mass is 10.1. The Hall–Kier alpha value is -3.25. The number of para-hydroxylation sites is 1. The van der Waals surface area contributed by atoms with Crippen molar-refractivity contribution < 1.29 is 9.53 Å². The molecule has 0 radical (unpaired) electrons. The molecule has 33 heavy (non-hydrogen) atoms. The van der Waals surface area contributed by atoms with Crippen LogP contribution in [0.25, 0.3) is 5.69 Å². The summed E-state index contributed by atoms with van der Waals surface area (Å²) in [5.74, 6) is 0.00697. The highest BCUT2D eigenvalue weighted by Crippen LogP contribution is 2.34. The zero-order valence-corrected chi connectivity index (χ0v) is 19.5. The molecule has 1 amide bonds. The number of hydrogen-bond acceptors (Lipinski definition) is 3. The third kappa shape index (κ3) is 5.57. The molecule has 0 bridgehead atoms. The Morgan fingerprint density at radius 2 is 1.58 bits per heavy atom. The third-order valence-electron chi connectivity index (χ3n) is 4.76. The zero-order chi connectivity index (χ0) is 23.2. The van der Waals surface area contributed by atoms with Crippen LogP contribution in [0.2, 0.25) is 15.1 Å². The molecule has 0 fully saturated rings. The summed E-state index contributed by atoms with van der Waals surface area (Å²) in [5.41, 5.74) is 5.21. The van der Waals surface area contributed by atoms with Gasteiger partial charge in [-0.1, -0.05) is 65.1 Å². The molecule has 0 atom stereocenters. The van der Waals surface area contributed by atoms with E-state index >= 15 is 0 Å². The van der Waals surface area contributed by atoms with Crippen LogP contribution < -0.4 is 10.2 Å². The molecule has 8 heteroatoms. The van der Waals surface area contributed by atoms with Gasteiger partial charge in [0.05, 0.1) is 27.5 Å². The van der Waals surface area contributed by atoms with Crippen molar-refractivity contribution in [2.75, 3.05) is 0 Å². The van der Waals surface area contributed by atoms with Crippen LogP contribution in [0.1, 0.15) is 21.5 Å². The van der Waals surface area contributed by atoms with Gasteiger partial charge < -0.3 is 9.30 Å². The van der Waals surface area contributed by atoms with Gasteiger partial charge in [-0.25, -0.2) is 5.43 Å². The van der Waals surface area contributed by atoms with E-state index < -0.39 is 0 Å². The molecule has 1 N–H and O–H groups in total. The van der Waals surface area contributed by atoms with E-state index in [-0.39, 0.29) is 12.5 Å². The van der Waals surface area contributed by atoms with E-state index in [1.807, 2.05) is 59.4 Å². The Labute approximate surface area is 206 Å². The minimum absolute atomic E-state index is 0.226. The lowest BCUT2D eigenvalue weighted by molar-refractivity contribution is 0.0955. The van der Waals surface area contributed by atoms with Crippen molar-refractivity contribution in [3.8, 4) is 11.4 Å². The van der Waals surface area contributed by atoms with Gasteiger partial charge in [-0.05, 0) is 48.0 Å². The fraction of sp³-hybridized carbons (Fsp3) is 0.0400. The number of carbonyl (C=O) groups is 1. The van der Waals surface area contributed by atoms with Gasteiger partial charge in [0.1, 0.15) is 6.61 Å². The quantitative estimate of drug-likeness (QED) is 0.225. The van der Waals surface area contributed by atoms with E-state index in [1.165, 1.54) is 6.21 Å². The van der Waals surface area contributed by atoms with Gasteiger partial charge >= 0.3 is 0 Å². The Morgan fingerprint density at radius 1 is 0.909 bits per heavy atom. The van der Waals surface area contributed by atoms with Crippen LogP contribution in [0.15, 0.2) is 90.3 Å². The van der Waals surface area contributed by atoms with Crippen molar-refractivity contribution >= 4 is 46.9 Å². The molecule has 4 rings (SSSR count). The predicted octanol–water partition coefficient (Wildman–Crippen LogP) is 6.78. The monoisotopic (exact) mass is 497 g/mol. The summed E-state index contributed by atoms with van der Waals surface area (Å²) in [6, 6.07) is 21.7. The number of hydrazone groups is 1. The van der Waals surface area contributed by atoms with Crippen LogP contribution in [-0.4, -0.2) is 16.7 Å². The van der Waals surface area contributed by atoms with Crippen molar-refractivity contribution in [1.29, 1.82) is 0 Å². The lowest BCUT2D eigenvalue weighted by Crippen LogP contribution is -2.19.